The molecule has 15 aromatic rings. The first-order valence-electron chi connectivity index (χ1n) is 26.6. The van der Waals surface area contributed by atoms with Crippen LogP contribution < -0.4 is 0 Å². The molecule has 0 radical (unpaired) electrons. The van der Waals surface area contributed by atoms with Crippen LogP contribution in [0.1, 0.15) is 71.0 Å². The van der Waals surface area contributed by atoms with Crippen LogP contribution in [0.3, 0.4) is 0 Å². The van der Waals surface area contributed by atoms with E-state index in [-0.39, 0.29) is 0 Å². The molecular weight excluding hydrogens is 1200 g/mol. The maximum atomic E-state index is 2.41. The lowest BCUT2D eigenvalue weighted by atomic mass is 9.97. The van der Waals surface area contributed by atoms with Crippen LogP contribution in [0.25, 0.3) is 123 Å². The molecule has 0 bridgehead atoms. The number of thiophene rings is 12. The second-order valence-electron chi connectivity index (χ2n) is 21.4. The summed E-state index contributed by atoms with van der Waals surface area (Å²) in [6, 6.07) is 32.8. The number of hydrogen-bond donors (Lipinski definition) is 0. The number of hydrogen-bond acceptors (Lipinski definition) is 12. The second-order valence-corrected chi connectivity index (χ2v) is 35.8. The van der Waals surface area contributed by atoms with Gasteiger partial charge in [-0.1, -0.05) is 0 Å². The first-order chi connectivity index (χ1) is 38.3. The summed E-state index contributed by atoms with van der Waals surface area (Å²) in [5.41, 5.74) is 14.2. The van der Waals surface area contributed by atoms with E-state index < -0.39 is 0 Å². The third-order valence-corrected chi connectivity index (χ3v) is 27.5. The Morgan fingerprint density at radius 1 is 0.225 bits per heavy atom. The van der Waals surface area contributed by atoms with E-state index in [0.29, 0.717) is 0 Å². The fraction of sp³-hybridized carbons (Fsp3) is 0.206. The van der Waals surface area contributed by atoms with Crippen LogP contribution in [0.2, 0.25) is 0 Å². The van der Waals surface area contributed by atoms with Crippen LogP contribution in [0.5, 0.6) is 0 Å². The first kappa shape index (κ1) is 54.8. The summed E-state index contributed by atoms with van der Waals surface area (Å²) < 4.78 is 8.67. The van der Waals surface area contributed by atoms with Crippen LogP contribution in [0.15, 0.2) is 95.7 Å². The van der Waals surface area contributed by atoms with E-state index in [0.717, 1.165) is 0 Å². The van der Waals surface area contributed by atoms with Crippen LogP contribution in [-0.2, 0) is 0 Å². The van der Waals surface area contributed by atoms with Gasteiger partial charge in [-0.2, -0.15) is 0 Å². The fourth-order valence-electron chi connectivity index (χ4n) is 11.5. The van der Waals surface area contributed by atoms with Crippen molar-refractivity contribution in [1.82, 2.24) is 0 Å². The average molecular weight is 1260 g/mol. The highest BCUT2D eigenvalue weighted by atomic mass is 32.1. The Morgan fingerprint density at radius 2 is 0.487 bits per heavy atom. The van der Waals surface area contributed by atoms with E-state index in [1.165, 1.54) is 194 Å². The average Bonchev–Trinajstić information content (AvgIpc) is 4.42. The molecular formula is C68H58S12. The molecule has 3 aromatic carbocycles. The molecule has 12 heterocycles. The smallest absolute Gasteiger partial charge is 0.0445 e. The zero-order chi connectivity index (χ0) is 55.7. The molecule has 80 heavy (non-hydrogen) atoms. The predicted molar refractivity (Wildman–Crippen MR) is 378 cm³/mol. The Kier molecular flexibility index (Phi) is 14.6. The van der Waals surface area contributed by atoms with Gasteiger partial charge >= 0.3 is 0 Å². The molecule has 0 nitrogen and oxygen atoms in total. The molecule has 0 saturated heterocycles. The first-order valence-corrected chi connectivity index (χ1v) is 36.6. The molecule has 0 amide bonds. The van der Waals surface area contributed by atoms with Crippen molar-refractivity contribution in [3.05, 3.63) is 167 Å². The summed E-state index contributed by atoms with van der Waals surface area (Å²) >= 11 is 23.1. The topological polar surface area (TPSA) is 0 Å². The van der Waals surface area contributed by atoms with Crippen molar-refractivity contribution in [3.8, 4) is 62.6 Å². The van der Waals surface area contributed by atoms with E-state index in [1.54, 1.807) is 0 Å². The minimum atomic E-state index is 1.35. The van der Waals surface area contributed by atoms with Crippen molar-refractivity contribution in [3.63, 3.8) is 0 Å². The zero-order valence-corrected chi connectivity index (χ0v) is 56.9. The number of aryl methyl sites for hydroxylation is 14. The molecule has 402 valence electrons. The van der Waals surface area contributed by atoms with Crippen LogP contribution >= 0.6 is 136 Å². The van der Waals surface area contributed by atoms with Crippen molar-refractivity contribution < 1.29 is 0 Å². The Hall–Kier alpha value is -4.38. The van der Waals surface area contributed by atoms with Gasteiger partial charge in [0.2, 0.25) is 0 Å². The van der Waals surface area contributed by atoms with E-state index >= 15 is 0 Å². The normalized spacial score (nSPS) is 11.9. The molecule has 0 fully saturated rings. The summed E-state index contributed by atoms with van der Waals surface area (Å²) in [6.07, 6.45) is 0. The van der Waals surface area contributed by atoms with Crippen molar-refractivity contribution in [2.75, 3.05) is 0 Å². The lowest BCUT2D eigenvalue weighted by molar-refractivity contribution is 1.51. The van der Waals surface area contributed by atoms with Crippen molar-refractivity contribution in [1.29, 1.82) is 0 Å². The second kappa shape index (κ2) is 21.4. The molecule has 15 rings (SSSR count). The van der Waals surface area contributed by atoms with Gasteiger partial charge in [0.15, 0.2) is 0 Å². The molecule has 0 atom stereocenters. The SMILES string of the molecule is Cc1cc(C)c(-c2c3cc(C)sc3c(-c3sc(C)cc3C)c3cc(C)sc23)s1.Cc1ccc(-c2c3cc(C)sc3c(-c3ccc(C)s3)c3cc(C)sc23)s1.Cc1csc(-c2c3cc(C)sc3c(-c3cc(C)cs3)c3cc(C)sc23)c1. The Morgan fingerprint density at radius 3 is 0.725 bits per heavy atom. The van der Waals surface area contributed by atoms with Crippen molar-refractivity contribution in [2.45, 2.75) is 96.9 Å². The van der Waals surface area contributed by atoms with Gasteiger partial charge in [-0.15, -0.1) is 136 Å². The van der Waals surface area contributed by atoms with Gasteiger partial charge in [-0.05, 0) is 215 Å². The zero-order valence-electron chi connectivity index (χ0n) is 47.1. The highest BCUT2D eigenvalue weighted by Crippen LogP contribution is 2.55. The number of rotatable bonds is 6. The van der Waals surface area contributed by atoms with Crippen LogP contribution in [0.4, 0.5) is 0 Å². The Labute approximate surface area is 517 Å². The summed E-state index contributed by atoms with van der Waals surface area (Å²) in [4.78, 5) is 22.3. The lowest BCUT2D eigenvalue weighted by Crippen LogP contribution is -1.84. The van der Waals surface area contributed by atoms with Gasteiger partial charge in [0.25, 0.3) is 0 Å². The third-order valence-electron chi connectivity index (χ3n) is 14.6. The summed E-state index contributed by atoms with van der Waals surface area (Å²) in [6.45, 7) is 31.2. The molecule has 0 aliphatic rings. The van der Waals surface area contributed by atoms with Gasteiger partial charge in [0.1, 0.15) is 0 Å². The van der Waals surface area contributed by atoms with E-state index in [2.05, 4.69) is 193 Å². The quantitative estimate of drug-likeness (QED) is 0.156. The molecule has 0 aliphatic heterocycles. The van der Waals surface area contributed by atoms with Gasteiger partial charge in [0, 0.05) is 172 Å². The largest absolute Gasteiger partial charge is 0.143 e. The molecule has 0 N–H and O–H groups in total. The maximum Gasteiger partial charge on any atom is 0.0445 e. The standard InChI is InChI=1S/C24H22S4.2C22H18S4/c1-11-7-13(3)25-21(11)19-17-9-15(5)28-24(17)20(18-10-16(6)27-23(18)19)22-12(2)8-14(4)26-22;1-11-5-17(23-9-11)19-15-7-13(3)26-22(15)20(18-6-12(2)10-24-18)16-8-14(4)25-21(16)19;1-11-5-7-17(23-11)19-15-9-13(3)26-22(15)20(18-8-6-12(2)24-18)16-10-14(4)25-21(16)19/h7-10H,1-6H3;2*5-10H,1-4H3. The molecule has 12 aromatic heterocycles. The van der Waals surface area contributed by atoms with Gasteiger partial charge in [-0.3, -0.25) is 0 Å². The highest BCUT2D eigenvalue weighted by molar-refractivity contribution is 7.26. The number of benzene rings is 3. The number of fused-ring (bicyclic) bond motifs is 6. The minimum absolute atomic E-state index is 1.35. The van der Waals surface area contributed by atoms with Crippen LogP contribution in [0, 0.1) is 96.9 Å². The van der Waals surface area contributed by atoms with E-state index in [1.807, 2.05) is 136 Å². The van der Waals surface area contributed by atoms with Gasteiger partial charge < -0.3 is 0 Å². The summed E-state index contributed by atoms with van der Waals surface area (Å²) in [5, 5.41) is 13.1. The molecule has 0 aliphatic carbocycles. The highest BCUT2D eigenvalue weighted by Gasteiger charge is 2.26. The van der Waals surface area contributed by atoms with E-state index in [4.69, 9.17) is 0 Å². The molecule has 0 unspecified atom stereocenters. The van der Waals surface area contributed by atoms with Gasteiger partial charge in [-0.25, -0.2) is 0 Å². The third kappa shape index (κ3) is 9.74. The maximum absolute atomic E-state index is 2.41. The minimum Gasteiger partial charge on any atom is -0.143 e. The fourth-order valence-corrected chi connectivity index (χ4v) is 24.4. The summed E-state index contributed by atoms with van der Waals surface area (Å²) in [5.74, 6) is 0. The Balaban J connectivity index is 0.000000113. The Bertz CT molecular complexity index is 4220. The van der Waals surface area contributed by atoms with Crippen molar-refractivity contribution >= 4 is 197 Å². The lowest BCUT2D eigenvalue weighted by Gasteiger charge is -2.11. The summed E-state index contributed by atoms with van der Waals surface area (Å²) in [7, 11) is 0. The van der Waals surface area contributed by atoms with Crippen LogP contribution in [-0.4, -0.2) is 0 Å². The van der Waals surface area contributed by atoms with Crippen molar-refractivity contribution in [2.24, 2.45) is 0 Å². The van der Waals surface area contributed by atoms with Gasteiger partial charge in [0.05, 0.1) is 0 Å². The monoisotopic (exact) mass is 1260 g/mol. The van der Waals surface area contributed by atoms with E-state index in [9.17, 15) is 0 Å². The molecule has 0 spiro atoms. The predicted octanol–water partition coefficient (Wildman–Crippen LogP) is 27.0. The molecule has 12 heteroatoms. The molecule has 0 saturated carbocycles.